The largest absolute Gasteiger partial charge is 0.496 e. The molecule has 0 heterocycles. The van der Waals surface area contributed by atoms with Gasteiger partial charge in [0.15, 0.2) is 0 Å². The fourth-order valence-corrected chi connectivity index (χ4v) is 1.97. The smallest absolute Gasteiger partial charge is 0.122 e. The number of rotatable bonds is 5. The van der Waals surface area contributed by atoms with Crippen LogP contribution in [0.3, 0.4) is 0 Å². The van der Waals surface area contributed by atoms with Crippen molar-refractivity contribution >= 4 is 0 Å². The molecule has 2 N–H and O–H groups in total. The van der Waals surface area contributed by atoms with Gasteiger partial charge >= 0.3 is 0 Å². The molecule has 15 heavy (non-hydrogen) atoms. The molecular weight excluding hydrogens is 186 g/mol. The Hall–Kier alpha value is -1.02. The van der Waals surface area contributed by atoms with E-state index in [0.29, 0.717) is 5.92 Å². The van der Waals surface area contributed by atoms with Crippen LogP contribution in [-0.2, 0) is 6.42 Å². The Morgan fingerprint density at radius 2 is 1.93 bits per heavy atom. The van der Waals surface area contributed by atoms with Crippen molar-refractivity contribution in [3.8, 4) is 5.75 Å². The van der Waals surface area contributed by atoms with Crippen LogP contribution in [0.2, 0.25) is 0 Å². The maximum Gasteiger partial charge on any atom is 0.122 e. The van der Waals surface area contributed by atoms with Gasteiger partial charge in [-0.25, -0.2) is 0 Å². The van der Waals surface area contributed by atoms with E-state index in [1.165, 1.54) is 5.56 Å². The fraction of sp³-hybridized carbons (Fsp3) is 0.538. The van der Waals surface area contributed by atoms with E-state index in [4.69, 9.17) is 10.5 Å². The van der Waals surface area contributed by atoms with Crippen LogP contribution in [0.5, 0.6) is 5.75 Å². The van der Waals surface area contributed by atoms with Gasteiger partial charge in [-0.05, 0) is 37.3 Å². The molecule has 2 unspecified atom stereocenters. The number of nitrogens with two attached hydrogens (primary N) is 1. The lowest BCUT2D eigenvalue weighted by Crippen LogP contribution is -2.19. The maximum absolute atomic E-state index is 5.79. The second-order valence-electron chi connectivity index (χ2n) is 4.33. The van der Waals surface area contributed by atoms with Crippen molar-refractivity contribution in [3.05, 3.63) is 29.8 Å². The predicted octanol–water partition coefficient (Wildman–Crippen LogP) is 2.61. The SMILES string of the molecule is COc1ccccc1CC(C)CC(C)N. The first kappa shape index (κ1) is 12.1. The van der Waals surface area contributed by atoms with Crippen molar-refractivity contribution in [1.29, 1.82) is 0 Å². The van der Waals surface area contributed by atoms with Gasteiger partial charge in [0.1, 0.15) is 5.75 Å². The van der Waals surface area contributed by atoms with Gasteiger partial charge < -0.3 is 10.5 Å². The highest BCUT2D eigenvalue weighted by molar-refractivity contribution is 5.33. The molecule has 1 aromatic rings. The zero-order valence-corrected chi connectivity index (χ0v) is 9.86. The molecule has 0 radical (unpaired) electrons. The molecule has 1 rings (SSSR count). The van der Waals surface area contributed by atoms with Crippen LogP contribution in [0.25, 0.3) is 0 Å². The Morgan fingerprint density at radius 3 is 2.53 bits per heavy atom. The third kappa shape index (κ3) is 3.92. The molecular formula is C13H21NO. The number of benzene rings is 1. The Bertz CT molecular complexity index is 296. The van der Waals surface area contributed by atoms with Gasteiger partial charge in [0.05, 0.1) is 7.11 Å². The third-order valence-corrected chi connectivity index (χ3v) is 2.54. The van der Waals surface area contributed by atoms with Crippen LogP contribution in [-0.4, -0.2) is 13.2 Å². The molecule has 0 saturated carbocycles. The monoisotopic (exact) mass is 207 g/mol. The van der Waals surface area contributed by atoms with E-state index >= 15 is 0 Å². The second kappa shape index (κ2) is 5.76. The van der Waals surface area contributed by atoms with E-state index in [1.54, 1.807) is 7.11 Å². The summed E-state index contributed by atoms with van der Waals surface area (Å²) >= 11 is 0. The Kier molecular flexibility index (Phi) is 4.63. The third-order valence-electron chi connectivity index (χ3n) is 2.54. The summed E-state index contributed by atoms with van der Waals surface area (Å²) in [6, 6.07) is 8.45. The van der Waals surface area contributed by atoms with Gasteiger partial charge in [-0.2, -0.15) is 0 Å². The topological polar surface area (TPSA) is 35.2 Å². The molecule has 2 atom stereocenters. The van der Waals surface area contributed by atoms with Crippen LogP contribution in [0, 0.1) is 5.92 Å². The fourth-order valence-electron chi connectivity index (χ4n) is 1.97. The Morgan fingerprint density at radius 1 is 1.27 bits per heavy atom. The van der Waals surface area contributed by atoms with Gasteiger partial charge in [0, 0.05) is 6.04 Å². The molecule has 0 saturated heterocycles. The quantitative estimate of drug-likeness (QED) is 0.805. The van der Waals surface area contributed by atoms with Gasteiger partial charge in [0.2, 0.25) is 0 Å². The molecule has 0 fully saturated rings. The maximum atomic E-state index is 5.79. The molecule has 2 nitrogen and oxygen atoms in total. The first-order valence-corrected chi connectivity index (χ1v) is 5.51. The second-order valence-corrected chi connectivity index (χ2v) is 4.33. The molecule has 1 aromatic carbocycles. The molecule has 0 aliphatic heterocycles. The van der Waals surface area contributed by atoms with Crippen LogP contribution in [0.1, 0.15) is 25.8 Å². The van der Waals surface area contributed by atoms with E-state index in [9.17, 15) is 0 Å². The highest BCUT2D eigenvalue weighted by atomic mass is 16.5. The molecule has 0 bridgehead atoms. The minimum Gasteiger partial charge on any atom is -0.496 e. The molecule has 0 aliphatic carbocycles. The molecule has 0 spiro atoms. The van der Waals surface area contributed by atoms with Gasteiger partial charge in [-0.3, -0.25) is 0 Å². The van der Waals surface area contributed by atoms with Crippen molar-refractivity contribution in [3.63, 3.8) is 0 Å². The first-order chi connectivity index (χ1) is 7.13. The van der Waals surface area contributed by atoms with Crippen molar-refractivity contribution < 1.29 is 4.74 Å². The zero-order valence-electron chi connectivity index (χ0n) is 9.86. The minimum atomic E-state index is 0.273. The lowest BCUT2D eigenvalue weighted by molar-refractivity contribution is 0.401. The lowest BCUT2D eigenvalue weighted by Gasteiger charge is -2.15. The summed E-state index contributed by atoms with van der Waals surface area (Å²) in [5.74, 6) is 1.58. The number of para-hydroxylation sites is 1. The first-order valence-electron chi connectivity index (χ1n) is 5.51. The van der Waals surface area contributed by atoms with Crippen LogP contribution >= 0.6 is 0 Å². The van der Waals surface area contributed by atoms with E-state index in [2.05, 4.69) is 26.0 Å². The van der Waals surface area contributed by atoms with Gasteiger partial charge in [-0.15, -0.1) is 0 Å². The van der Waals surface area contributed by atoms with Gasteiger partial charge in [0.25, 0.3) is 0 Å². The summed E-state index contributed by atoms with van der Waals surface area (Å²) < 4.78 is 5.32. The van der Waals surface area contributed by atoms with Crippen molar-refractivity contribution in [2.45, 2.75) is 32.7 Å². The summed E-state index contributed by atoms with van der Waals surface area (Å²) in [5, 5.41) is 0. The number of ether oxygens (including phenoxy) is 1. The zero-order chi connectivity index (χ0) is 11.3. The van der Waals surface area contributed by atoms with Crippen LogP contribution in [0.15, 0.2) is 24.3 Å². The van der Waals surface area contributed by atoms with Gasteiger partial charge in [-0.1, -0.05) is 25.1 Å². The lowest BCUT2D eigenvalue weighted by atomic mass is 9.95. The van der Waals surface area contributed by atoms with E-state index in [1.807, 2.05) is 12.1 Å². The van der Waals surface area contributed by atoms with Crippen LogP contribution < -0.4 is 10.5 Å². The molecule has 84 valence electrons. The van der Waals surface area contributed by atoms with E-state index in [-0.39, 0.29) is 6.04 Å². The van der Waals surface area contributed by atoms with E-state index < -0.39 is 0 Å². The average molecular weight is 207 g/mol. The summed E-state index contributed by atoms with van der Waals surface area (Å²) in [6.45, 7) is 4.29. The van der Waals surface area contributed by atoms with E-state index in [0.717, 1.165) is 18.6 Å². The molecule has 0 amide bonds. The van der Waals surface area contributed by atoms with Crippen molar-refractivity contribution in [2.24, 2.45) is 11.7 Å². The number of methoxy groups -OCH3 is 1. The Labute approximate surface area is 92.4 Å². The summed E-state index contributed by atoms with van der Waals surface area (Å²) in [6.07, 6.45) is 2.09. The summed E-state index contributed by atoms with van der Waals surface area (Å²) in [7, 11) is 1.72. The molecule has 2 heteroatoms. The number of hydrogen-bond acceptors (Lipinski definition) is 2. The highest BCUT2D eigenvalue weighted by Gasteiger charge is 2.09. The van der Waals surface area contributed by atoms with Crippen LogP contribution in [0.4, 0.5) is 0 Å². The van der Waals surface area contributed by atoms with Crippen molar-refractivity contribution in [1.82, 2.24) is 0 Å². The normalized spacial score (nSPS) is 14.7. The standard InChI is InChI=1S/C13H21NO/c1-10(8-11(2)14)9-12-6-4-5-7-13(12)15-3/h4-7,10-11H,8-9,14H2,1-3H3. The number of hydrogen-bond donors (Lipinski definition) is 1. The molecule has 0 aromatic heterocycles. The highest BCUT2D eigenvalue weighted by Crippen LogP contribution is 2.22. The summed E-state index contributed by atoms with van der Waals surface area (Å²) in [4.78, 5) is 0. The minimum absolute atomic E-state index is 0.273. The van der Waals surface area contributed by atoms with Crippen molar-refractivity contribution in [2.75, 3.05) is 7.11 Å². The predicted molar refractivity (Wildman–Crippen MR) is 64.1 cm³/mol. The summed E-state index contributed by atoms with van der Waals surface area (Å²) in [5.41, 5.74) is 7.06. The average Bonchev–Trinajstić information content (AvgIpc) is 2.17. The Balaban J connectivity index is 2.63. The molecule has 0 aliphatic rings.